The molecule has 1 aliphatic rings. The van der Waals surface area contributed by atoms with Gasteiger partial charge in [0.25, 0.3) is 0 Å². The zero-order chi connectivity index (χ0) is 18.6. The highest BCUT2D eigenvalue weighted by atomic mass is 32.2. The van der Waals surface area contributed by atoms with Crippen molar-refractivity contribution in [1.29, 1.82) is 0 Å². The van der Waals surface area contributed by atoms with Crippen molar-refractivity contribution in [2.45, 2.75) is 37.6 Å². The maximum absolute atomic E-state index is 13.3. The molecular weight excluding hydrogens is 338 g/mol. The average Bonchev–Trinajstić information content (AvgIpc) is 3.00. The quantitative estimate of drug-likeness (QED) is 0.736. The number of anilines is 1. The van der Waals surface area contributed by atoms with Crippen LogP contribution < -0.4 is 5.73 Å². The van der Waals surface area contributed by atoms with E-state index in [1.54, 1.807) is 16.6 Å². The summed E-state index contributed by atoms with van der Waals surface area (Å²) in [4.78, 5) is 8.50. The molecule has 2 N–H and O–H groups in total. The van der Waals surface area contributed by atoms with Gasteiger partial charge in [0.05, 0.1) is 0 Å². The van der Waals surface area contributed by atoms with Crippen LogP contribution in [0.2, 0.25) is 0 Å². The fraction of sp³-hybridized carbons (Fsp3) is 0.706. The van der Waals surface area contributed by atoms with Crippen LogP contribution in [-0.2, 0) is 10.0 Å². The number of rotatable bonds is 8. The molecule has 2 rings (SSSR count). The molecule has 0 saturated carbocycles. The summed E-state index contributed by atoms with van der Waals surface area (Å²) >= 11 is 0. The highest BCUT2D eigenvalue weighted by molar-refractivity contribution is 7.89. The predicted octanol–water partition coefficient (Wildman–Crippen LogP) is 1.01. The highest BCUT2D eigenvalue weighted by Crippen LogP contribution is 2.25. The van der Waals surface area contributed by atoms with Crippen LogP contribution in [0, 0.1) is 6.92 Å². The number of aromatic nitrogens is 1. The van der Waals surface area contributed by atoms with Crippen molar-refractivity contribution >= 4 is 15.8 Å². The second-order valence-electron chi connectivity index (χ2n) is 6.99. The lowest BCUT2D eigenvalue weighted by Gasteiger charge is -2.30. The third kappa shape index (κ3) is 4.91. The van der Waals surface area contributed by atoms with Gasteiger partial charge in [0.2, 0.25) is 10.0 Å². The number of sulfonamides is 1. The summed E-state index contributed by atoms with van der Waals surface area (Å²) in [6.45, 7) is 7.54. The van der Waals surface area contributed by atoms with Crippen LogP contribution in [-0.4, -0.2) is 80.4 Å². The van der Waals surface area contributed by atoms with E-state index < -0.39 is 10.0 Å². The summed E-state index contributed by atoms with van der Waals surface area (Å²) in [7, 11) is 0.215. The van der Waals surface area contributed by atoms with Gasteiger partial charge in [0.1, 0.15) is 10.7 Å². The van der Waals surface area contributed by atoms with E-state index in [0.717, 1.165) is 31.5 Å². The summed E-state index contributed by atoms with van der Waals surface area (Å²) in [5, 5.41) is 0. The van der Waals surface area contributed by atoms with Crippen LogP contribution in [0.1, 0.15) is 25.3 Å². The van der Waals surface area contributed by atoms with E-state index in [9.17, 15) is 8.42 Å². The minimum atomic E-state index is -3.68. The predicted molar refractivity (Wildman–Crippen MR) is 101 cm³/mol. The number of likely N-dealkylation sites (N-methyl/N-ethyl adjacent to an activating group) is 2. The fourth-order valence-corrected chi connectivity index (χ4v) is 4.89. The Labute approximate surface area is 151 Å². The molecule has 0 spiro atoms. The number of nitrogen functional groups attached to an aromatic ring is 1. The fourth-order valence-electron chi connectivity index (χ4n) is 3.27. The van der Waals surface area contributed by atoms with E-state index in [4.69, 9.17) is 5.73 Å². The van der Waals surface area contributed by atoms with E-state index in [2.05, 4.69) is 16.8 Å². The van der Waals surface area contributed by atoms with Gasteiger partial charge in [-0.15, -0.1) is 0 Å². The van der Waals surface area contributed by atoms with Gasteiger partial charge < -0.3 is 10.6 Å². The minimum absolute atomic E-state index is 0.0687. The molecule has 1 aromatic heterocycles. The number of pyridine rings is 1. The molecule has 142 valence electrons. The van der Waals surface area contributed by atoms with Gasteiger partial charge in [-0.05, 0) is 58.6 Å². The zero-order valence-electron chi connectivity index (χ0n) is 15.8. The molecule has 0 radical (unpaired) electrons. The summed E-state index contributed by atoms with van der Waals surface area (Å²) in [6, 6.07) is 1.88. The molecule has 2 heterocycles. The van der Waals surface area contributed by atoms with E-state index in [1.807, 2.05) is 25.9 Å². The average molecular weight is 370 g/mol. The second kappa shape index (κ2) is 8.44. The van der Waals surface area contributed by atoms with Gasteiger partial charge in [-0.3, -0.25) is 4.90 Å². The van der Waals surface area contributed by atoms with Gasteiger partial charge in [-0.1, -0.05) is 6.92 Å². The second-order valence-corrected chi connectivity index (χ2v) is 8.89. The Morgan fingerprint density at radius 3 is 2.72 bits per heavy atom. The smallest absolute Gasteiger partial charge is 0.246 e. The van der Waals surface area contributed by atoms with Crippen LogP contribution >= 0.6 is 0 Å². The van der Waals surface area contributed by atoms with Gasteiger partial charge in [0.15, 0.2) is 0 Å². The van der Waals surface area contributed by atoms with Gasteiger partial charge in [-0.25, -0.2) is 13.4 Å². The van der Waals surface area contributed by atoms with Crippen molar-refractivity contribution in [2.24, 2.45) is 0 Å². The van der Waals surface area contributed by atoms with Gasteiger partial charge in [-0.2, -0.15) is 4.31 Å². The van der Waals surface area contributed by atoms with Crippen molar-refractivity contribution in [3.8, 4) is 0 Å². The topological polar surface area (TPSA) is 82.8 Å². The number of aryl methyl sites for hydroxylation is 1. The molecule has 0 amide bonds. The number of nitrogens with zero attached hydrogens (tertiary/aromatic N) is 4. The van der Waals surface area contributed by atoms with E-state index in [-0.39, 0.29) is 16.8 Å². The molecule has 8 heteroatoms. The Kier molecular flexibility index (Phi) is 6.79. The molecule has 1 aromatic rings. The number of hydrogen-bond donors (Lipinski definition) is 1. The molecule has 0 aliphatic carbocycles. The minimum Gasteiger partial charge on any atom is -0.383 e. The summed E-state index contributed by atoms with van der Waals surface area (Å²) < 4.78 is 28.1. The number of hydrogen-bond acceptors (Lipinski definition) is 6. The first-order valence-electron chi connectivity index (χ1n) is 8.86. The Hall–Kier alpha value is -1.22. The lowest BCUT2D eigenvalue weighted by molar-refractivity contribution is 0.220. The summed E-state index contributed by atoms with van der Waals surface area (Å²) in [5.41, 5.74) is 6.68. The first-order chi connectivity index (χ1) is 11.8. The van der Waals surface area contributed by atoms with Crippen LogP contribution in [0.5, 0.6) is 0 Å². The van der Waals surface area contributed by atoms with Crippen molar-refractivity contribution in [3.63, 3.8) is 0 Å². The van der Waals surface area contributed by atoms with Crippen molar-refractivity contribution in [3.05, 3.63) is 17.8 Å². The van der Waals surface area contributed by atoms with Crippen molar-refractivity contribution in [2.75, 3.05) is 52.6 Å². The molecule has 1 fully saturated rings. The first-order valence-corrected chi connectivity index (χ1v) is 10.3. The van der Waals surface area contributed by atoms with E-state index in [1.165, 1.54) is 0 Å². The Morgan fingerprint density at radius 1 is 1.36 bits per heavy atom. The largest absolute Gasteiger partial charge is 0.383 e. The maximum atomic E-state index is 13.3. The van der Waals surface area contributed by atoms with Crippen molar-refractivity contribution in [1.82, 2.24) is 19.1 Å². The van der Waals surface area contributed by atoms with Crippen LogP contribution in [0.25, 0.3) is 0 Å². The molecule has 25 heavy (non-hydrogen) atoms. The molecule has 7 nitrogen and oxygen atoms in total. The molecule has 1 atom stereocenters. The third-order valence-corrected chi connectivity index (χ3v) is 6.65. The molecule has 1 unspecified atom stereocenters. The molecule has 0 aromatic carbocycles. The van der Waals surface area contributed by atoms with E-state index in [0.29, 0.717) is 19.6 Å². The molecule has 1 saturated heterocycles. The molecular formula is C17H31N5O2S. The van der Waals surface area contributed by atoms with Crippen LogP contribution in [0.3, 0.4) is 0 Å². The molecule has 0 bridgehead atoms. The van der Waals surface area contributed by atoms with Crippen LogP contribution in [0.15, 0.2) is 17.2 Å². The normalized spacial score (nSPS) is 19.2. The van der Waals surface area contributed by atoms with Gasteiger partial charge >= 0.3 is 0 Å². The summed E-state index contributed by atoms with van der Waals surface area (Å²) in [6.07, 6.45) is 3.74. The number of nitrogens with two attached hydrogens (primary N) is 1. The Balaban J connectivity index is 2.31. The summed E-state index contributed by atoms with van der Waals surface area (Å²) in [5.74, 6) is 0.0687. The molecule has 1 aliphatic heterocycles. The van der Waals surface area contributed by atoms with Crippen LogP contribution in [0.4, 0.5) is 5.82 Å². The highest BCUT2D eigenvalue weighted by Gasteiger charge is 2.32. The lowest BCUT2D eigenvalue weighted by Crippen LogP contribution is -2.45. The SMILES string of the molecule is CCN1CCCC1CN(CCN(C)C)S(=O)(=O)c1cc(C)cnc1N. The van der Waals surface area contributed by atoms with E-state index >= 15 is 0 Å². The third-order valence-electron chi connectivity index (χ3n) is 4.75. The Morgan fingerprint density at radius 2 is 2.08 bits per heavy atom. The van der Waals surface area contributed by atoms with Gasteiger partial charge in [0, 0.05) is 31.9 Å². The monoisotopic (exact) mass is 369 g/mol. The standard InChI is InChI=1S/C17H31N5O2S/c1-5-21-8-6-7-15(21)13-22(10-9-20(3)4)25(23,24)16-11-14(2)12-19-17(16)18/h11-12,15H,5-10,13H2,1-4H3,(H2,18,19). The maximum Gasteiger partial charge on any atom is 0.246 e. The Bertz CT molecular complexity index is 678. The lowest BCUT2D eigenvalue weighted by atomic mass is 10.2. The van der Waals surface area contributed by atoms with Crippen molar-refractivity contribution < 1.29 is 8.42 Å². The first kappa shape index (κ1) is 20.1. The zero-order valence-corrected chi connectivity index (χ0v) is 16.6. The number of likely N-dealkylation sites (tertiary alicyclic amines) is 1.